The summed E-state index contributed by atoms with van der Waals surface area (Å²) in [5.41, 5.74) is 7.98. The Kier molecular flexibility index (Phi) is 3.94. The van der Waals surface area contributed by atoms with Gasteiger partial charge in [-0.15, -0.1) is 0 Å². The normalized spacial score (nSPS) is 12.5. The summed E-state index contributed by atoms with van der Waals surface area (Å²) in [6, 6.07) is 5.03. The fourth-order valence-electron chi connectivity index (χ4n) is 1.87. The Hall–Kier alpha value is -1.04. The van der Waals surface area contributed by atoms with Gasteiger partial charge in [-0.2, -0.15) is 5.10 Å². The third-order valence-corrected chi connectivity index (χ3v) is 3.61. The number of methoxy groups -OCH3 is 1. The first-order chi connectivity index (χ1) is 8.54. The first-order valence-electron chi connectivity index (χ1n) is 5.31. The highest BCUT2D eigenvalue weighted by Gasteiger charge is 2.20. The fraction of sp³-hybridized carbons (Fsp3) is 0.250. The van der Waals surface area contributed by atoms with Crippen LogP contribution >= 0.6 is 27.5 Å². The van der Waals surface area contributed by atoms with E-state index in [2.05, 4.69) is 21.0 Å². The summed E-state index contributed by atoms with van der Waals surface area (Å²) in [7, 11) is 3.45. The topological polar surface area (TPSA) is 53.1 Å². The molecule has 0 amide bonds. The van der Waals surface area contributed by atoms with Crippen LogP contribution in [0.2, 0.25) is 5.02 Å². The van der Waals surface area contributed by atoms with Crippen LogP contribution in [-0.4, -0.2) is 16.9 Å². The van der Waals surface area contributed by atoms with Crippen molar-refractivity contribution >= 4 is 27.5 Å². The molecule has 2 N–H and O–H groups in total. The van der Waals surface area contributed by atoms with E-state index >= 15 is 0 Å². The predicted octanol–water partition coefficient (Wildman–Crippen LogP) is 2.89. The maximum atomic E-state index is 6.28. The lowest BCUT2D eigenvalue weighted by atomic mass is 10.0. The van der Waals surface area contributed by atoms with Crippen LogP contribution in [-0.2, 0) is 7.05 Å². The zero-order valence-electron chi connectivity index (χ0n) is 10.0. The molecule has 0 saturated heterocycles. The molecule has 96 valence electrons. The molecule has 6 heteroatoms. The van der Waals surface area contributed by atoms with Gasteiger partial charge in [0.15, 0.2) is 0 Å². The van der Waals surface area contributed by atoms with Gasteiger partial charge >= 0.3 is 0 Å². The number of benzene rings is 1. The van der Waals surface area contributed by atoms with Gasteiger partial charge in [0, 0.05) is 17.6 Å². The highest BCUT2D eigenvalue weighted by Crippen LogP contribution is 2.33. The summed E-state index contributed by atoms with van der Waals surface area (Å²) in [6.07, 6.45) is 1.71. The van der Waals surface area contributed by atoms with Crippen molar-refractivity contribution < 1.29 is 4.74 Å². The Labute approximate surface area is 119 Å². The summed E-state index contributed by atoms with van der Waals surface area (Å²) >= 11 is 9.46. The third kappa shape index (κ3) is 2.39. The molecule has 0 radical (unpaired) electrons. The molecular formula is C12H13BrClN3O. The van der Waals surface area contributed by atoms with E-state index in [-0.39, 0.29) is 6.04 Å². The monoisotopic (exact) mass is 329 g/mol. The minimum Gasteiger partial charge on any atom is -0.496 e. The molecule has 0 aliphatic carbocycles. The van der Waals surface area contributed by atoms with Crippen molar-refractivity contribution in [1.29, 1.82) is 0 Å². The summed E-state index contributed by atoms with van der Waals surface area (Å²) < 4.78 is 7.91. The molecular weight excluding hydrogens is 318 g/mol. The highest BCUT2D eigenvalue weighted by atomic mass is 79.9. The molecule has 0 aliphatic rings. The summed E-state index contributed by atoms with van der Waals surface area (Å²) in [5.74, 6) is 0.708. The lowest BCUT2D eigenvalue weighted by molar-refractivity contribution is 0.407. The second-order valence-corrected chi connectivity index (χ2v) is 5.16. The van der Waals surface area contributed by atoms with Crippen molar-refractivity contribution in [2.45, 2.75) is 6.04 Å². The van der Waals surface area contributed by atoms with Crippen LogP contribution in [0.3, 0.4) is 0 Å². The zero-order chi connectivity index (χ0) is 13.3. The number of halogens is 2. The SMILES string of the molecule is COc1ccc(Cl)cc1C(N)c1c(Br)cnn1C. The summed E-state index contributed by atoms with van der Waals surface area (Å²) in [6.45, 7) is 0. The molecule has 0 spiro atoms. The van der Waals surface area contributed by atoms with E-state index in [1.165, 1.54) is 0 Å². The molecule has 0 fully saturated rings. The van der Waals surface area contributed by atoms with Crippen molar-refractivity contribution in [2.24, 2.45) is 12.8 Å². The minimum absolute atomic E-state index is 0.361. The van der Waals surface area contributed by atoms with Gasteiger partial charge in [-0.05, 0) is 34.1 Å². The third-order valence-electron chi connectivity index (χ3n) is 2.76. The smallest absolute Gasteiger partial charge is 0.124 e. The standard InChI is InChI=1S/C12H13BrClN3O/c1-17-12(9(13)6-16-17)11(15)8-5-7(14)3-4-10(8)18-2/h3-6,11H,15H2,1-2H3. The van der Waals surface area contributed by atoms with Gasteiger partial charge < -0.3 is 10.5 Å². The van der Waals surface area contributed by atoms with Crippen LogP contribution < -0.4 is 10.5 Å². The maximum absolute atomic E-state index is 6.28. The Morgan fingerprint density at radius 1 is 1.50 bits per heavy atom. The Bertz CT molecular complexity index is 551. The van der Waals surface area contributed by atoms with Gasteiger partial charge in [-0.25, -0.2) is 0 Å². The van der Waals surface area contributed by atoms with Crippen molar-refractivity contribution in [3.8, 4) is 5.75 Å². The van der Waals surface area contributed by atoms with Gasteiger partial charge in [0.05, 0.1) is 29.5 Å². The van der Waals surface area contributed by atoms with Crippen LogP contribution in [0.15, 0.2) is 28.9 Å². The second-order valence-electron chi connectivity index (χ2n) is 3.87. The lowest BCUT2D eigenvalue weighted by Gasteiger charge is -2.17. The van der Waals surface area contributed by atoms with E-state index in [9.17, 15) is 0 Å². The van der Waals surface area contributed by atoms with Crippen LogP contribution in [0, 0.1) is 0 Å². The number of hydrogen-bond acceptors (Lipinski definition) is 3. The molecule has 0 aliphatic heterocycles. The fourth-order valence-corrected chi connectivity index (χ4v) is 2.64. The number of hydrogen-bond donors (Lipinski definition) is 1. The minimum atomic E-state index is -0.361. The molecule has 2 rings (SSSR count). The molecule has 1 aromatic heterocycles. The van der Waals surface area contributed by atoms with Gasteiger partial charge in [0.1, 0.15) is 5.75 Å². The van der Waals surface area contributed by atoms with Gasteiger partial charge in [0.25, 0.3) is 0 Å². The number of aromatic nitrogens is 2. The van der Waals surface area contributed by atoms with Crippen LogP contribution in [0.5, 0.6) is 5.75 Å². The van der Waals surface area contributed by atoms with Crippen molar-refractivity contribution in [1.82, 2.24) is 9.78 Å². The van der Waals surface area contributed by atoms with E-state index in [1.54, 1.807) is 24.1 Å². The quantitative estimate of drug-likeness (QED) is 0.941. The van der Waals surface area contributed by atoms with Crippen molar-refractivity contribution in [3.05, 3.63) is 45.1 Å². The number of nitrogens with zero attached hydrogens (tertiary/aromatic N) is 2. The Morgan fingerprint density at radius 2 is 2.22 bits per heavy atom. The van der Waals surface area contributed by atoms with Gasteiger partial charge in [-0.1, -0.05) is 11.6 Å². The van der Waals surface area contributed by atoms with E-state index in [1.807, 2.05) is 19.2 Å². The van der Waals surface area contributed by atoms with E-state index < -0.39 is 0 Å². The van der Waals surface area contributed by atoms with Crippen LogP contribution in [0.4, 0.5) is 0 Å². The average Bonchev–Trinajstić information content (AvgIpc) is 2.68. The van der Waals surface area contributed by atoms with E-state index in [4.69, 9.17) is 22.1 Å². The number of nitrogens with two attached hydrogens (primary N) is 1. The molecule has 1 unspecified atom stereocenters. The van der Waals surface area contributed by atoms with Gasteiger partial charge in [0.2, 0.25) is 0 Å². The molecule has 4 nitrogen and oxygen atoms in total. The van der Waals surface area contributed by atoms with E-state index in [0.717, 1.165) is 15.7 Å². The number of rotatable bonds is 3. The number of ether oxygens (including phenoxy) is 1. The second kappa shape index (κ2) is 5.30. The Balaban J connectivity index is 2.51. The Morgan fingerprint density at radius 3 is 2.78 bits per heavy atom. The summed E-state index contributed by atoms with van der Waals surface area (Å²) in [4.78, 5) is 0. The first kappa shape index (κ1) is 13.4. The molecule has 0 bridgehead atoms. The maximum Gasteiger partial charge on any atom is 0.124 e. The highest BCUT2D eigenvalue weighted by molar-refractivity contribution is 9.10. The molecule has 1 heterocycles. The van der Waals surface area contributed by atoms with Gasteiger partial charge in [-0.3, -0.25) is 4.68 Å². The van der Waals surface area contributed by atoms with E-state index in [0.29, 0.717) is 10.8 Å². The molecule has 1 aromatic carbocycles. The molecule has 0 saturated carbocycles. The van der Waals surface area contributed by atoms with Crippen LogP contribution in [0.25, 0.3) is 0 Å². The van der Waals surface area contributed by atoms with Crippen molar-refractivity contribution in [2.75, 3.05) is 7.11 Å². The van der Waals surface area contributed by atoms with Crippen molar-refractivity contribution in [3.63, 3.8) is 0 Å². The largest absolute Gasteiger partial charge is 0.496 e. The first-order valence-corrected chi connectivity index (χ1v) is 6.48. The molecule has 2 aromatic rings. The lowest BCUT2D eigenvalue weighted by Crippen LogP contribution is -2.17. The van der Waals surface area contributed by atoms with Crippen LogP contribution in [0.1, 0.15) is 17.3 Å². The predicted molar refractivity (Wildman–Crippen MR) is 74.9 cm³/mol. The number of aryl methyl sites for hydroxylation is 1. The molecule has 1 atom stereocenters. The zero-order valence-corrected chi connectivity index (χ0v) is 12.4. The average molecular weight is 331 g/mol. The molecule has 18 heavy (non-hydrogen) atoms. The summed E-state index contributed by atoms with van der Waals surface area (Å²) in [5, 5.41) is 4.78.